The van der Waals surface area contributed by atoms with Gasteiger partial charge in [-0.1, -0.05) is 13.0 Å². The SMILES string of the molecule is CC(CO)CNC(=O)c1cccc2[nH]ccc12. The predicted molar refractivity (Wildman–Crippen MR) is 66.9 cm³/mol. The molecular formula is C13H16N2O2. The lowest BCUT2D eigenvalue weighted by atomic mass is 10.1. The summed E-state index contributed by atoms with van der Waals surface area (Å²) >= 11 is 0. The standard InChI is InChI=1S/C13H16N2O2/c1-9(8-16)7-15-13(17)11-3-2-4-12-10(11)5-6-14-12/h2-6,9,14,16H,7-8H2,1H3,(H,15,17). The van der Waals surface area contributed by atoms with Gasteiger partial charge in [0.25, 0.3) is 5.91 Å². The van der Waals surface area contributed by atoms with E-state index in [-0.39, 0.29) is 18.4 Å². The molecule has 0 saturated heterocycles. The lowest BCUT2D eigenvalue weighted by molar-refractivity contribution is 0.0944. The average Bonchev–Trinajstić information content (AvgIpc) is 2.83. The van der Waals surface area contributed by atoms with Gasteiger partial charge in [-0.25, -0.2) is 0 Å². The number of benzene rings is 1. The van der Waals surface area contributed by atoms with Gasteiger partial charge in [0.1, 0.15) is 0 Å². The highest BCUT2D eigenvalue weighted by atomic mass is 16.3. The summed E-state index contributed by atoms with van der Waals surface area (Å²) in [6.07, 6.45) is 1.82. The maximum atomic E-state index is 12.0. The Morgan fingerprint density at radius 3 is 3.06 bits per heavy atom. The van der Waals surface area contributed by atoms with Crippen LogP contribution < -0.4 is 5.32 Å². The van der Waals surface area contributed by atoms with E-state index in [9.17, 15) is 4.79 Å². The van der Waals surface area contributed by atoms with Gasteiger partial charge in [-0.3, -0.25) is 4.79 Å². The normalized spacial score (nSPS) is 12.6. The third-order valence-corrected chi connectivity index (χ3v) is 2.76. The summed E-state index contributed by atoms with van der Waals surface area (Å²) in [7, 11) is 0. The van der Waals surface area contributed by atoms with Crippen LogP contribution in [0.25, 0.3) is 10.9 Å². The molecular weight excluding hydrogens is 216 g/mol. The maximum Gasteiger partial charge on any atom is 0.251 e. The number of aliphatic hydroxyl groups is 1. The predicted octanol–water partition coefficient (Wildman–Crippen LogP) is 1.53. The largest absolute Gasteiger partial charge is 0.396 e. The summed E-state index contributed by atoms with van der Waals surface area (Å²) in [6, 6.07) is 7.47. The minimum atomic E-state index is -0.101. The third-order valence-electron chi connectivity index (χ3n) is 2.76. The van der Waals surface area contributed by atoms with E-state index in [1.165, 1.54) is 0 Å². The minimum Gasteiger partial charge on any atom is -0.396 e. The monoisotopic (exact) mass is 232 g/mol. The summed E-state index contributed by atoms with van der Waals surface area (Å²) in [5.74, 6) is -0.0279. The number of carbonyl (C=O) groups excluding carboxylic acids is 1. The summed E-state index contributed by atoms with van der Waals surface area (Å²) in [5, 5.41) is 12.6. The van der Waals surface area contributed by atoms with Gasteiger partial charge >= 0.3 is 0 Å². The van der Waals surface area contributed by atoms with Gasteiger partial charge in [-0.15, -0.1) is 0 Å². The number of aromatic amines is 1. The molecule has 0 aliphatic carbocycles. The van der Waals surface area contributed by atoms with E-state index in [1.807, 2.05) is 31.3 Å². The van der Waals surface area contributed by atoms with E-state index in [0.29, 0.717) is 12.1 Å². The van der Waals surface area contributed by atoms with Crippen LogP contribution in [0.4, 0.5) is 0 Å². The van der Waals surface area contributed by atoms with E-state index < -0.39 is 0 Å². The molecule has 0 saturated carbocycles. The topological polar surface area (TPSA) is 65.1 Å². The van der Waals surface area contributed by atoms with Crippen LogP contribution in [-0.2, 0) is 0 Å². The van der Waals surface area contributed by atoms with Gasteiger partial charge in [0, 0.05) is 35.8 Å². The van der Waals surface area contributed by atoms with Crippen molar-refractivity contribution >= 4 is 16.8 Å². The van der Waals surface area contributed by atoms with Gasteiger partial charge in [0.05, 0.1) is 0 Å². The van der Waals surface area contributed by atoms with Crippen molar-refractivity contribution in [3.63, 3.8) is 0 Å². The molecule has 0 bridgehead atoms. The van der Waals surface area contributed by atoms with Crippen LogP contribution in [0.5, 0.6) is 0 Å². The Balaban J connectivity index is 2.16. The lowest BCUT2D eigenvalue weighted by Crippen LogP contribution is -2.29. The number of carbonyl (C=O) groups is 1. The molecule has 17 heavy (non-hydrogen) atoms. The maximum absolute atomic E-state index is 12.0. The molecule has 0 aliphatic heterocycles. The Morgan fingerprint density at radius 1 is 1.47 bits per heavy atom. The van der Waals surface area contributed by atoms with E-state index in [0.717, 1.165) is 10.9 Å². The first-order valence-electron chi connectivity index (χ1n) is 5.67. The van der Waals surface area contributed by atoms with Crippen molar-refractivity contribution in [3.05, 3.63) is 36.0 Å². The zero-order valence-corrected chi connectivity index (χ0v) is 9.73. The summed E-state index contributed by atoms with van der Waals surface area (Å²) < 4.78 is 0. The fourth-order valence-electron chi connectivity index (χ4n) is 1.71. The minimum absolute atomic E-state index is 0.0735. The van der Waals surface area contributed by atoms with Crippen LogP contribution >= 0.6 is 0 Å². The molecule has 2 rings (SSSR count). The zero-order valence-electron chi connectivity index (χ0n) is 9.73. The number of hydrogen-bond donors (Lipinski definition) is 3. The molecule has 3 N–H and O–H groups in total. The Labute approximate surface area is 99.7 Å². The molecule has 1 aromatic heterocycles. The molecule has 0 radical (unpaired) electrons. The number of fused-ring (bicyclic) bond motifs is 1. The first-order valence-corrected chi connectivity index (χ1v) is 5.67. The Hall–Kier alpha value is -1.81. The van der Waals surface area contributed by atoms with Crippen molar-refractivity contribution in [1.29, 1.82) is 0 Å². The van der Waals surface area contributed by atoms with Crippen molar-refractivity contribution < 1.29 is 9.90 Å². The van der Waals surface area contributed by atoms with Crippen LogP contribution in [0.2, 0.25) is 0 Å². The van der Waals surface area contributed by atoms with E-state index in [2.05, 4.69) is 10.3 Å². The highest BCUT2D eigenvalue weighted by Gasteiger charge is 2.10. The number of hydrogen-bond acceptors (Lipinski definition) is 2. The summed E-state index contributed by atoms with van der Waals surface area (Å²) in [5.41, 5.74) is 1.61. The fourth-order valence-corrected chi connectivity index (χ4v) is 1.71. The van der Waals surface area contributed by atoms with Crippen LogP contribution in [0.15, 0.2) is 30.5 Å². The zero-order chi connectivity index (χ0) is 12.3. The Kier molecular flexibility index (Phi) is 3.44. The number of aliphatic hydroxyl groups excluding tert-OH is 1. The average molecular weight is 232 g/mol. The number of amides is 1. The van der Waals surface area contributed by atoms with Crippen LogP contribution in [0, 0.1) is 5.92 Å². The molecule has 0 spiro atoms. The van der Waals surface area contributed by atoms with Gasteiger partial charge in [-0.2, -0.15) is 0 Å². The Bertz CT molecular complexity index is 519. The van der Waals surface area contributed by atoms with Crippen molar-refractivity contribution in [3.8, 4) is 0 Å². The third kappa shape index (κ3) is 2.47. The summed E-state index contributed by atoms with van der Waals surface area (Å²) in [4.78, 5) is 15.0. The Morgan fingerprint density at radius 2 is 2.29 bits per heavy atom. The second kappa shape index (κ2) is 5.01. The summed E-state index contributed by atoms with van der Waals surface area (Å²) in [6.45, 7) is 2.45. The van der Waals surface area contributed by atoms with Crippen LogP contribution in [-0.4, -0.2) is 29.1 Å². The van der Waals surface area contributed by atoms with Crippen LogP contribution in [0.3, 0.4) is 0 Å². The highest BCUT2D eigenvalue weighted by molar-refractivity contribution is 6.06. The quantitative estimate of drug-likeness (QED) is 0.748. The second-order valence-corrected chi connectivity index (χ2v) is 4.24. The molecule has 0 aliphatic rings. The van der Waals surface area contributed by atoms with Crippen molar-refractivity contribution in [2.75, 3.05) is 13.2 Å². The van der Waals surface area contributed by atoms with Crippen molar-refractivity contribution in [2.45, 2.75) is 6.92 Å². The lowest BCUT2D eigenvalue weighted by Gasteiger charge is -2.10. The van der Waals surface area contributed by atoms with Gasteiger partial charge < -0.3 is 15.4 Å². The van der Waals surface area contributed by atoms with E-state index in [4.69, 9.17) is 5.11 Å². The van der Waals surface area contributed by atoms with Crippen molar-refractivity contribution in [1.82, 2.24) is 10.3 Å². The van der Waals surface area contributed by atoms with Crippen LogP contribution in [0.1, 0.15) is 17.3 Å². The van der Waals surface area contributed by atoms with Gasteiger partial charge in [-0.05, 0) is 24.1 Å². The fraction of sp³-hybridized carbons (Fsp3) is 0.308. The van der Waals surface area contributed by atoms with Gasteiger partial charge in [0.2, 0.25) is 0 Å². The number of rotatable bonds is 4. The molecule has 4 nitrogen and oxygen atoms in total. The molecule has 1 amide bonds. The molecule has 1 aromatic carbocycles. The number of H-pyrrole nitrogens is 1. The molecule has 0 fully saturated rings. The molecule has 4 heteroatoms. The number of aromatic nitrogens is 1. The highest BCUT2D eigenvalue weighted by Crippen LogP contribution is 2.17. The van der Waals surface area contributed by atoms with E-state index in [1.54, 1.807) is 6.07 Å². The molecule has 1 heterocycles. The van der Waals surface area contributed by atoms with Crippen molar-refractivity contribution in [2.24, 2.45) is 5.92 Å². The number of nitrogens with one attached hydrogen (secondary N) is 2. The molecule has 1 unspecified atom stereocenters. The molecule has 90 valence electrons. The second-order valence-electron chi connectivity index (χ2n) is 4.24. The van der Waals surface area contributed by atoms with E-state index >= 15 is 0 Å². The van der Waals surface area contributed by atoms with Gasteiger partial charge in [0.15, 0.2) is 0 Å². The first-order chi connectivity index (χ1) is 8.22. The molecule has 1 atom stereocenters. The molecule has 2 aromatic rings. The first kappa shape index (κ1) is 11.7. The smallest absolute Gasteiger partial charge is 0.251 e.